The zero-order chi connectivity index (χ0) is 28.6. The Morgan fingerprint density at radius 3 is 2.65 bits per heavy atom. The van der Waals surface area contributed by atoms with Crippen molar-refractivity contribution in [1.29, 1.82) is 0 Å². The van der Waals surface area contributed by atoms with Crippen LogP contribution in [-0.2, 0) is 23.0 Å². The van der Waals surface area contributed by atoms with E-state index < -0.39 is 24.4 Å². The molecule has 7 N–H and O–H groups in total. The number of likely N-dealkylation sites (N-methyl/N-ethyl adjacent to an activating group) is 1. The molecule has 1 aromatic carbocycles. The van der Waals surface area contributed by atoms with Crippen molar-refractivity contribution < 1.29 is 14.9 Å². The molecule has 2 fully saturated rings. The number of aryl methyl sites for hydroxylation is 1. The van der Waals surface area contributed by atoms with E-state index in [1.165, 1.54) is 11.9 Å². The number of aliphatic imine (C=N–C) groups is 1. The minimum Gasteiger partial charge on any atom is -0.390 e. The highest BCUT2D eigenvalue weighted by Crippen LogP contribution is 2.36. The molecule has 216 valence electrons. The molecule has 3 heterocycles. The number of nitrogen functional groups attached to an aromatic ring is 1. The number of ether oxygens (including phenoxy) is 1. The second kappa shape index (κ2) is 11.4. The number of aromatic amines is 1. The molecule has 1 aliphatic heterocycles. The summed E-state index contributed by atoms with van der Waals surface area (Å²) in [5.41, 5.74) is 15.7. The number of anilines is 1. The van der Waals surface area contributed by atoms with E-state index >= 15 is 0 Å². The number of rotatable bonds is 9. The Bertz CT molecular complexity index is 1350. The summed E-state index contributed by atoms with van der Waals surface area (Å²) in [6.07, 6.45) is 3.76. The van der Waals surface area contributed by atoms with Crippen LogP contribution in [0.5, 0.6) is 0 Å². The summed E-state index contributed by atoms with van der Waals surface area (Å²) in [6, 6.07) is 6.94. The lowest BCUT2D eigenvalue weighted by atomic mass is 9.76. The van der Waals surface area contributed by atoms with E-state index in [-0.39, 0.29) is 17.7 Å². The van der Waals surface area contributed by atoms with Gasteiger partial charge in [-0.25, -0.2) is 19.9 Å². The van der Waals surface area contributed by atoms with Crippen molar-refractivity contribution >= 4 is 28.9 Å². The molecular weight excluding hydrogens is 508 g/mol. The van der Waals surface area contributed by atoms with E-state index in [0.717, 1.165) is 48.9 Å². The molecule has 1 saturated carbocycles. The fourth-order valence-electron chi connectivity index (χ4n) is 5.84. The van der Waals surface area contributed by atoms with Crippen molar-refractivity contribution in [3.05, 3.63) is 41.6 Å². The Labute approximate surface area is 235 Å². The molecule has 0 radical (unpaired) electrons. The molecular formula is C29H42N8O3. The summed E-state index contributed by atoms with van der Waals surface area (Å²) in [6.45, 7) is 7.19. The Morgan fingerprint density at radius 2 is 1.93 bits per heavy atom. The van der Waals surface area contributed by atoms with Crippen LogP contribution in [0.1, 0.15) is 57.1 Å². The number of benzene rings is 1. The highest BCUT2D eigenvalue weighted by atomic mass is 16.5. The van der Waals surface area contributed by atoms with Crippen molar-refractivity contribution in [2.45, 2.75) is 88.7 Å². The number of hydrogen-bond acceptors (Lipinski definition) is 9. The van der Waals surface area contributed by atoms with E-state index in [1.54, 1.807) is 0 Å². The van der Waals surface area contributed by atoms with Crippen molar-refractivity contribution in [2.24, 2.45) is 16.6 Å². The predicted octanol–water partition coefficient (Wildman–Crippen LogP) is 2.23. The molecule has 1 aliphatic carbocycles. The van der Waals surface area contributed by atoms with Crippen molar-refractivity contribution in [2.75, 3.05) is 19.3 Å². The second-order valence-corrected chi connectivity index (χ2v) is 12.4. The average molecular weight is 551 g/mol. The van der Waals surface area contributed by atoms with Crippen molar-refractivity contribution in [3.63, 3.8) is 0 Å². The third kappa shape index (κ3) is 5.97. The lowest BCUT2D eigenvalue weighted by Gasteiger charge is -2.42. The molecule has 40 heavy (non-hydrogen) atoms. The van der Waals surface area contributed by atoms with Gasteiger partial charge in [-0.05, 0) is 55.3 Å². The molecule has 0 amide bonds. The Kier molecular flexibility index (Phi) is 8.10. The number of imidazole rings is 1. The molecule has 11 heteroatoms. The highest BCUT2D eigenvalue weighted by molar-refractivity contribution is 5.76. The Hall–Kier alpha value is -3.12. The molecule has 11 nitrogen and oxygen atoms in total. The SMILES string of the molecule is CN(C[C@H]1O[C@@H](Cc2ncnc(N)c2/N=C\N)[C@H](O)[C@@H]1O)[C@H]1C[C@@H](CCc2nc3cc(C(C)(C)C)ccc3[nH]2)C1. The quantitative estimate of drug-likeness (QED) is 0.198. The smallest absolute Gasteiger partial charge is 0.153 e. The molecule has 0 unspecified atom stereocenters. The minimum absolute atomic E-state index is 0.104. The van der Waals surface area contributed by atoms with E-state index in [0.29, 0.717) is 29.9 Å². The normalized spacial score (nSPS) is 27.2. The van der Waals surface area contributed by atoms with Gasteiger partial charge in [0.25, 0.3) is 0 Å². The summed E-state index contributed by atoms with van der Waals surface area (Å²) in [4.78, 5) is 22.8. The lowest BCUT2D eigenvalue weighted by molar-refractivity contribution is -0.0256. The number of nitrogens with two attached hydrogens (primary N) is 2. The van der Waals surface area contributed by atoms with Gasteiger partial charge >= 0.3 is 0 Å². The van der Waals surface area contributed by atoms with Gasteiger partial charge in [-0.15, -0.1) is 0 Å². The molecule has 0 bridgehead atoms. The predicted molar refractivity (Wildman–Crippen MR) is 155 cm³/mol. The first-order chi connectivity index (χ1) is 19.0. The van der Waals surface area contributed by atoms with Crippen LogP contribution >= 0.6 is 0 Å². The average Bonchev–Trinajstić information content (AvgIpc) is 3.40. The maximum absolute atomic E-state index is 10.7. The fraction of sp³-hybridized carbons (Fsp3) is 0.586. The number of nitrogens with zero attached hydrogens (tertiary/aromatic N) is 5. The summed E-state index contributed by atoms with van der Waals surface area (Å²) < 4.78 is 6.10. The summed E-state index contributed by atoms with van der Waals surface area (Å²) in [7, 11) is 2.06. The van der Waals surface area contributed by atoms with Gasteiger partial charge < -0.3 is 36.3 Å². The second-order valence-electron chi connectivity index (χ2n) is 12.4. The van der Waals surface area contributed by atoms with Crippen LogP contribution in [0, 0.1) is 5.92 Å². The van der Waals surface area contributed by atoms with E-state index in [4.69, 9.17) is 21.2 Å². The number of nitrogens with one attached hydrogen (secondary N) is 1. The fourth-order valence-corrected chi connectivity index (χ4v) is 5.84. The highest BCUT2D eigenvalue weighted by Gasteiger charge is 2.44. The van der Waals surface area contributed by atoms with Crippen LogP contribution in [0.25, 0.3) is 11.0 Å². The molecule has 4 atom stereocenters. The first-order valence-corrected chi connectivity index (χ1v) is 14.1. The van der Waals surface area contributed by atoms with Crippen LogP contribution < -0.4 is 11.5 Å². The van der Waals surface area contributed by atoms with Crippen LogP contribution in [0.3, 0.4) is 0 Å². The number of fused-ring (bicyclic) bond motifs is 1. The van der Waals surface area contributed by atoms with E-state index in [1.807, 2.05) is 0 Å². The van der Waals surface area contributed by atoms with Gasteiger partial charge in [0.1, 0.15) is 30.0 Å². The van der Waals surface area contributed by atoms with Crippen molar-refractivity contribution in [1.82, 2.24) is 24.8 Å². The lowest BCUT2D eigenvalue weighted by Crippen LogP contribution is -2.47. The Morgan fingerprint density at radius 1 is 1.18 bits per heavy atom. The Balaban J connectivity index is 1.10. The van der Waals surface area contributed by atoms with Gasteiger partial charge in [-0.2, -0.15) is 0 Å². The monoisotopic (exact) mass is 550 g/mol. The topological polar surface area (TPSA) is 172 Å². The van der Waals surface area contributed by atoms with Crippen LogP contribution in [0.4, 0.5) is 11.5 Å². The first-order valence-electron chi connectivity index (χ1n) is 14.1. The first kappa shape index (κ1) is 28.4. The number of aliphatic hydroxyl groups is 2. The van der Waals surface area contributed by atoms with Crippen molar-refractivity contribution in [3.8, 4) is 0 Å². The number of aromatic nitrogens is 4. The molecule has 0 spiro atoms. The number of aliphatic hydroxyl groups excluding tert-OH is 2. The van der Waals surface area contributed by atoms with Gasteiger partial charge in [0, 0.05) is 25.4 Å². The van der Waals surface area contributed by atoms with E-state index in [2.05, 4.69) is 70.9 Å². The zero-order valence-corrected chi connectivity index (χ0v) is 23.8. The summed E-state index contributed by atoms with van der Waals surface area (Å²) in [5, 5.41) is 21.4. The molecule has 3 aromatic rings. The van der Waals surface area contributed by atoms with Gasteiger partial charge in [0.15, 0.2) is 5.82 Å². The number of hydrogen-bond donors (Lipinski definition) is 5. The maximum Gasteiger partial charge on any atom is 0.153 e. The standard InChI is InChI=1S/C29H42N8O3/c1-29(2,3)17-6-7-19-20(11-17)36-24(35-19)8-5-16-9-18(10-16)37(4)13-23-27(39)26(38)22(40-23)12-21-25(32-14-30)28(31)34-15-33-21/h6-7,11,14-16,18,22-23,26-27,38-39H,5,8-10,12-13H2,1-4H3,(H2,30,32)(H,35,36)(H2,31,33,34)/t16-,18+,22-,23+,26-,27+/m0/s1. The molecule has 1 saturated heterocycles. The van der Waals surface area contributed by atoms with Crippen LogP contribution in [0.2, 0.25) is 0 Å². The third-order valence-corrected chi connectivity index (χ3v) is 8.48. The molecule has 2 aromatic heterocycles. The van der Waals surface area contributed by atoms with E-state index in [9.17, 15) is 10.2 Å². The maximum atomic E-state index is 10.7. The summed E-state index contributed by atoms with van der Waals surface area (Å²) in [5.74, 6) is 1.89. The van der Waals surface area contributed by atoms with Crippen LogP contribution in [-0.4, -0.2) is 85.4 Å². The minimum atomic E-state index is -1.04. The van der Waals surface area contributed by atoms with Gasteiger partial charge in [0.2, 0.25) is 0 Å². The number of H-pyrrole nitrogens is 1. The summed E-state index contributed by atoms with van der Waals surface area (Å²) >= 11 is 0. The van der Waals surface area contributed by atoms with Crippen LogP contribution in [0.15, 0.2) is 29.5 Å². The largest absolute Gasteiger partial charge is 0.390 e. The van der Waals surface area contributed by atoms with Gasteiger partial charge in [-0.1, -0.05) is 26.8 Å². The van der Waals surface area contributed by atoms with Gasteiger partial charge in [0.05, 0.1) is 35.3 Å². The third-order valence-electron chi connectivity index (χ3n) is 8.48. The molecule has 5 rings (SSSR count). The zero-order valence-electron chi connectivity index (χ0n) is 23.8. The molecule has 2 aliphatic rings. The van der Waals surface area contributed by atoms with Gasteiger partial charge in [-0.3, -0.25) is 0 Å².